The van der Waals surface area contributed by atoms with E-state index in [0.29, 0.717) is 18.2 Å². The summed E-state index contributed by atoms with van der Waals surface area (Å²) in [6.45, 7) is 9.94. The molecule has 0 bridgehead atoms. The molecule has 1 heterocycles. The van der Waals surface area contributed by atoms with E-state index in [9.17, 15) is 9.59 Å². The third-order valence-corrected chi connectivity index (χ3v) is 4.57. The molecule has 0 radical (unpaired) electrons. The fourth-order valence-electron chi connectivity index (χ4n) is 2.23. The number of benzene rings is 1. The van der Waals surface area contributed by atoms with Crippen LogP contribution in [-0.2, 0) is 9.59 Å². The molecular weight excluding hydrogens is 346 g/mol. The predicted molar refractivity (Wildman–Crippen MR) is 107 cm³/mol. The molecule has 1 aromatic heterocycles. The molecule has 0 aliphatic carbocycles. The summed E-state index contributed by atoms with van der Waals surface area (Å²) in [7, 11) is 0. The SMILES string of the molecule is C=CCN(C(=O)CCNC(=O)C(C)(C)C)c1nc(-c2ccccc2)cs1. The van der Waals surface area contributed by atoms with Gasteiger partial charge in [0.2, 0.25) is 11.8 Å². The molecule has 2 rings (SSSR count). The largest absolute Gasteiger partial charge is 0.355 e. The number of anilines is 1. The molecular formula is C20H25N3O2S. The number of nitrogens with one attached hydrogen (secondary N) is 1. The number of aromatic nitrogens is 1. The molecule has 0 aliphatic heterocycles. The Morgan fingerprint density at radius 2 is 1.96 bits per heavy atom. The lowest BCUT2D eigenvalue weighted by Crippen LogP contribution is -2.38. The average Bonchev–Trinajstić information content (AvgIpc) is 3.09. The smallest absolute Gasteiger partial charge is 0.230 e. The van der Waals surface area contributed by atoms with Gasteiger partial charge in [-0.25, -0.2) is 4.98 Å². The third-order valence-electron chi connectivity index (χ3n) is 3.71. The second-order valence-corrected chi connectivity index (χ2v) is 7.77. The van der Waals surface area contributed by atoms with Gasteiger partial charge in [-0.3, -0.25) is 14.5 Å². The van der Waals surface area contributed by atoms with Crippen LogP contribution in [0.5, 0.6) is 0 Å². The van der Waals surface area contributed by atoms with Crippen molar-refractivity contribution in [3.8, 4) is 11.3 Å². The van der Waals surface area contributed by atoms with Gasteiger partial charge >= 0.3 is 0 Å². The van der Waals surface area contributed by atoms with Gasteiger partial charge in [0.1, 0.15) is 0 Å². The highest BCUT2D eigenvalue weighted by Crippen LogP contribution is 2.27. The highest BCUT2D eigenvalue weighted by atomic mass is 32.1. The van der Waals surface area contributed by atoms with E-state index in [0.717, 1.165) is 11.3 Å². The molecule has 0 saturated carbocycles. The normalized spacial score (nSPS) is 11.0. The van der Waals surface area contributed by atoms with Crippen molar-refractivity contribution in [2.45, 2.75) is 27.2 Å². The number of carbonyl (C=O) groups excluding carboxylic acids is 2. The highest BCUT2D eigenvalue weighted by Gasteiger charge is 2.22. The maximum Gasteiger partial charge on any atom is 0.230 e. The Labute approximate surface area is 158 Å². The quantitative estimate of drug-likeness (QED) is 0.751. The van der Waals surface area contributed by atoms with Gasteiger partial charge < -0.3 is 5.32 Å². The van der Waals surface area contributed by atoms with Crippen LogP contribution in [0.4, 0.5) is 5.13 Å². The Hall–Kier alpha value is -2.47. The summed E-state index contributed by atoms with van der Waals surface area (Å²) in [4.78, 5) is 30.7. The predicted octanol–water partition coefficient (Wildman–Crippen LogP) is 3.88. The van der Waals surface area contributed by atoms with Crippen LogP contribution in [-0.4, -0.2) is 29.9 Å². The number of carbonyl (C=O) groups is 2. The summed E-state index contributed by atoms with van der Waals surface area (Å²) in [5.74, 6) is -0.158. The van der Waals surface area contributed by atoms with Crippen molar-refractivity contribution in [3.63, 3.8) is 0 Å². The summed E-state index contributed by atoms with van der Waals surface area (Å²) < 4.78 is 0. The Morgan fingerprint density at radius 1 is 1.27 bits per heavy atom. The fourth-order valence-corrected chi connectivity index (χ4v) is 3.09. The van der Waals surface area contributed by atoms with E-state index in [1.54, 1.807) is 11.0 Å². The summed E-state index contributed by atoms with van der Waals surface area (Å²) >= 11 is 1.42. The third kappa shape index (κ3) is 5.26. The first-order valence-corrected chi connectivity index (χ1v) is 9.41. The molecule has 0 saturated heterocycles. The number of rotatable bonds is 7. The number of nitrogens with zero attached hydrogens (tertiary/aromatic N) is 2. The molecule has 1 N–H and O–H groups in total. The topological polar surface area (TPSA) is 62.3 Å². The second-order valence-electron chi connectivity index (χ2n) is 6.93. The molecule has 0 aliphatic rings. The van der Waals surface area contributed by atoms with Crippen LogP contribution in [0.2, 0.25) is 0 Å². The minimum Gasteiger partial charge on any atom is -0.355 e. The second kappa shape index (κ2) is 8.76. The number of thiazole rings is 1. The maximum atomic E-state index is 12.6. The first-order valence-electron chi connectivity index (χ1n) is 8.53. The summed E-state index contributed by atoms with van der Waals surface area (Å²) in [6.07, 6.45) is 1.89. The van der Waals surface area contributed by atoms with Crippen LogP contribution in [0.25, 0.3) is 11.3 Å². The fraction of sp³-hybridized carbons (Fsp3) is 0.350. The molecule has 2 aromatic rings. The minimum atomic E-state index is -0.469. The first kappa shape index (κ1) is 19.8. The van der Waals surface area contributed by atoms with E-state index in [-0.39, 0.29) is 18.2 Å². The lowest BCUT2D eigenvalue weighted by molar-refractivity contribution is -0.128. The summed E-state index contributed by atoms with van der Waals surface area (Å²) in [6, 6.07) is 9.84. The average molecular weight is 372 g/mol. The highest BCUT2D eigenvalue weighted by molar-refractivity contribution is 7.14. The van der Waals surface area contributed by atoms with Gasteiger partial charge in [0.15, 0.2) is 5.13 Å². The minimum absolute atomic E-state index is 0.0683. The van der Waals surface area contributed by atoms with Crippen molar-refractivity contribution in [2.24, 2.45) is 5.41 Å². The molecule has 0 spiro atoms. The van der Waals surface area contributed by atoms with Gasteiger partial charge in [-0.2, -0.15) is 0 Å². The number of amides is 2. The molecule has 0 unspecified atom stereocenters. The van der Waals surface area contributed by atoms with Crippen molar-refractivity contribution in [1.29, 1.82) is 0 Å². The number of hydrogen-bond acceptors (Lipinski definition) is 4. The first-order chi connectivity index (χ1) is 12.3. The molecule has 26 heavy (non-hydrogen) atoms. The van der Waals surface area contributed by atoms with E-state index in [1.807, 2.05) is 56.5 Å². The molecule has 1 aromatic carbocycles. The summed E-state index contributed by atoms with van der Waals surface area (Å²) in [5, 5.41) is 5.38. The lowest BCUT2D eigenvalue weighted by Gasteiger charge is -2.20. The van der Waals surface area contributed by atoms with Gasteiger partial charge in [0, 0.05) is 35.9 Å². The van der Waals surface area contributed by atoms with Gasteiger partial charge in [-0.15, -0.1) is 17.9 Å². The van der Waals surface area contributed by atoms with Crippen molar-refractivity contribution in [1.82, 2.24) is 10.3 Å². The summed E-state index contributed by atoms with van der Waals surface area (Å²) in [5.41, 5.74) is 1.39. The monoisotopic (exact) mass is 371 g/mol. The van der Waals surface area contributed by atoms with Crippen LogP contribution >= 0.6 is 11.3 Å². The Morgan fingerprint density at radius 3 is 2.58 bits per heavy atom. The van der Waals surface area contributed by atoms with Gasteiger partial charge in [-0.1, -0.05) is 57.2 Å². The molecule has 6 heteroatoms. The van der Waals surface area contributed by atoms with Crippen LogP contribution in [0, 0.1) is 5.41 Å². The van der Waals surface area contributed by atoms with E-state index in [1.165, 1.54) is 11.3 Å². The van der Waals surface area contributed by atoms with Gasteiger partial charge in [0.25, 0.3) is 0 Å². The van der Waals surface area contributed by atoms with E-state index in [4.69, 9.17) is 0 Å². The molecule has 2 amide bonds. The molecule has 0 fully saturated rings. The van der Waals surface area contributed by atoms with E-state index in [2.05, 4.69) is 16.9 Å². The van der Waals surface area contributed by atoms with Gasteiger partial charge in [0.05, 0.1) is 5.69 Å². The van der Waals surface area contributed by atoms with Crippen molar-refractivity contribution in [3.05, 3.63) is 48.4 Å². The van der Waals surface area contributed by atoms with Crippen LogP contribution < -0.4 is 10.2 Å². The zero-order valence-corrected chi connectivity index (χ0v) is 16.3. The molecule has 0 atom stereocenters. The zero-order valence-electron chi connectivity index (χ0n) is 15.5. The van der Waals surface area contributed by atoms with Crippen LogP contribution in [0.15, 0.2) is 48.4 Å². The van der Waals surface area contributed by atoms with Crippen molar-refractivity contribution in [2.75, 3.05) is 18.0 Å². The van der Waals surface area contributed by atoms with Crippen LogP contribution in [0.3, 0.4) is 0 Å². The van der Waals surface area contributed by atoms with Crippen molar-refractivity contribution >= 4 is 28.3 Å². The zero-order chi connectivity index (χ0) is 19.2. The Kier molecular flexibility index (Phi) is 6.69. The molecule has 138 valence electrons. The van der Waals surface area contributed by atoms with Crippen molar-refractivity contribution < 1.29 is 9.59 Å². The van der Waals surface area contributed by atoms with Crippen LogP contribution in [0.1, 0.15) is 27.2 Å². The molecule has 5 nitrogen and oxygen atoms in total. The standard InChI is InChI=1S/C20H25N3O2S/c1-5-13-23(17(24)11-12-21-18(25)20(2,3)4)19-22-16(14-26-19)15-9-7-6-8-10-15/h5-10,14H,1,11-13H2,2-4H3,(H,21,25). The maximum absolute atomic E-state index is 12.6. The van der Waals surface area contributed by atoms with E-state index >= 15 is 0 Å². The Bertz CT molecular complexity index is 763. The van der Waals surface area contributed by atoms with E-state index < -0.39 is 5.41 Å². The lowest BCUT2D eigenvalue weighted by atomic mass is 9.96. The number of hydrogen-bond donors (Lipinski definition) is 1. The van der Waals surface area contributed by atoms with Gasteiger partial charge in [-0.05, 0) is 0 Å². The Balaban J connectivity index is 2.04.